The van der Waals surface area contributed by atoms with E-state index in [4.69, 9.17) is 0 Å². The molecule has 0 aliphatic heterocycles. The van der Waals surface area contributed by atoms with E-state index in [1.807, 2.05) is 121 Å². The summed E-state index contributed by atoms with van der Waals surface area (Å²) in [5.74, 6) is 1.23. The predicted octanol–water partition coefficient (Wildman–Crippen LogP) is 26.9. The van der Waals surface area contributed by atoms with Crippen LogP contribution in [0, 0.1) is 55.4 Å². The van der Waals surface area contributed by atoms with Crippen LogP contribution in [0.2, 0.25) is 0 Å². The van der Waals surface area contributed by atoms with Crippen molar-refractivity contribution in [2.24, 2.45) is 0 Å². The Labute approximate surface area is 819 Å². The molecule has 0 bridgehead atoms. The first kappa shape index (κ1) is 96.9. The zero-order valence-electron chi connectivity index (χ0n) is 77.6. The van der Waals surface area contributed by atoms with E-state index in [1.54, 1.807) is 0 Å². The Kier molecular flexibility index (Phi) is 32.0. The van der Waals surface area contributed by atoms with Crippen LogP contribution in [0.4, 0.5) is 0 Å². The molecule has 4 N–H and O–H groups in total. The number of aromatic nitrogens is 2. The van der Waals surface area contributed by atoms with Crippen molar-refractivity contribution in [2.45, 2.75) is 78.6 Å². The van der Waals surface area contributed by atoms with Crippen molar-refractivity contribution in [2.75, 3.05) is 54.4 Å². The smallest absolute Gasteiger partial charge is 0.507 e. The summed E-state index contributed by atoms with van der Waals surface area (Å²) in [7, 11) is 8.34. The molecule has 18 aromatic rings. The molecule has 2 aromatic heterocycles. The fourth-order valence-corrected chi connectivity index (χ4v) is 18.8. The topological polar surface area (TPSA) is 104 Å². The first-order valence-electron chi connectivity index (χ1n) is 44.8. The Morgan fingerprint density at radius 1 is 0.250 bits per heavy atom. The number of aromatic hydroxyl groups is 4. The van der Waals surface area contributed by atoms with Crippen molar-refractivity contribution in [3.05, 3.63) is 492 Å². The van der Waals surface area contributed by atoms with Crippen LogP contribution >= 0.6 is 0 Å². The molecule has 0 fully saturated rings. The van der Waals surface area contributed by atoms with E-state index < -0.39 is 10.8 Å². The minimum atomic E-state index is -0.500. The molecule has 20 rings (SSSR count). The van der Waals surface area contributed by atoms with Gasteiger partial charge in [0.15, 0.2) is 0 Å². The second kappa shape index (κ2) is 43.6. The Morgan fingerprint density at radius 3 is 0.697 bits per heavy atom. The number of phenolic OH excluding ortho intramolecular Hbond substituents is 4. The van der Waals surface area contributed by atoms with Gasteiger partial charge in [0.2, 0.25) is 0 Å². The Balaban J connectivity index is 0.000000170. The SMILES string of the molecule is Cc1cc(CN(CCN(C)C)Cc2cc(C)cc(-n3c4ccccc4c4ccccc43)c2O)c(O)c(-n2c3ccccc3c3ccccc32)c1.Cc1cc(CN(CCN(C)C)Cc2cc(C)cc(C3(C)c4ccccc4-c4ccccc43)c2O)c(O)c(C2(C)c3ccccc3-c3ccccc32)c1.[CH2-]c1ccccc1.[CH2-]c1ccccc1.[CH2-]c1ccccc1.[CH2-]c1ccccc1.[Hf+4].[Hf+4]. The number of rotatable bonds is 18. The largest absolute Gasteiger partial charge is 4.00 e. The van der Waals surface area contributed by atoms with Gasteiger partial charge in [-0.1, -0.05) is 242 Å². The summed E-state index contributed by atoms with van der Waals surface area (Å²) in [6, 6.07) is 124. The van der Waals surface area contributed by atoms with Gasteiger partial charge in [0.05, 0.1) is 33.4 Å². The molecule has 0 spiro atoms. The molecular formula is C120H118Hf2N6O4+4. The molecule has 2 aliphatic rings. The maximum absolute atomic E-state index is 12.3. The number of phenols is 4. The number of para-hydroxylation sites is 4. The van der Waals surface area contributed by atoms with Crippen molar-refractivity contribution >= 4 is 43.6 Å². The van der Waals surface area contributed by atoms with Gasteiger partial charge in [-0.15, -0.1) is 48.5 Å². The van der Waals surface area contributed by atoms with Crippen molar-refractivity contribution in [3.8, 4) is 56.6 Å². The van der Waals surface area contributed by atoms with Crippen LogP contribution in [0.1, 0.15) is 114 Å². The van der Waals surface area contributed by atoms with E-state index in [0.717, 1.165) is 159 Å². The zero-order valence-corrected chi connectivity index (χ0v) is 84.8. The third kappa shape index (κ3) is 21.3. The maximum Gasteiger partial charge on any atom is 4.00 e. The fraction of sp³-hybridized carbons (Fsp3) is 0.167. The molecule has 656 valence electrons. The van der Waals surface area contributed by atoms with Gasteiger partial charge in [-0.2, -0.15) is 98.5 Å². The standard InChI is InChI=1S/C48H48N2O2.C44H42N4O2.4C7H7.2Hf/c1-31-25-33(45(51)43(27-31)47(3)39-19-11-7-15-35(39)36-16-8-12-20-40(36)47)29-50(24-23-49(5)6)30-34-26-32(2)28-44(46(34)52)48(4)41-21-13-9-17-37(41)38-18-10-14-22-42(38)48;1-29-23-31(43(49)41(25-29)47-37-17-9-5-13-33(37)34-14-6-10-18-38(34)47)27-46(22-21-45(3)4)28-32-24-30(2)26-42(44(32)50)48-39-19-11-7-15-35(39)36-16-8-12-20-40(36)48;4*1-7-5-3-2-4-6-7;;/h7-22,25-28,51-52H,23-24,29-30H2,1-6H3;5-20,23-26,49-50H,21-22,27-28H2,1-4H3;4*2-6H,1H2;;/q;;4*-1;2*+4. The molecule has 0 amide bonds. The van der Waals surface area contributed by atoms with Gasteiger partial charge in [-0.3, -0.25) is 9.80 Å². The Hall–Kier alpha value is -12.6. The van der Waals surface area contributed by atoms with Gasteiger partial charge in [0.1, 0.15) is 23.0 Å². The Morgan fingerprint density at radius 2 is 0.462 bits per heavy atom. The third-order valence-corrected chi connectivity index (χ3v) is 25.1. The quantitative estimate of drug-likeness (QED) is 0.0498. The summed E-state index contributed by atoms with van der Waals surface area (Å²) in [6.07, 6.45) is 0. The average Bonchev–Trinajstić information content (AvgIpc) is 1.56. The van der Waals surface area contributed by atoms with Gasteiger partial charge in [0, 0.05) is 118 Å². The van der Waals surface area contributed by atoms with Gasteiger partial charge < -0.3 is 39.4 Å². The molecular weight excluding hydrogens is 1950 g/mol. The van der Waals surface area contributed by atoms with E-state index in [0.29, 0.717) is 37.7 Å². The van der Waals surface area contributed by atoms with E-state index in [1.165, 1.54) is 44.5 Å². The first-order chi connectivity index (χ1) is 62.9. The maximum atomic E-state index is 12.3. The number of hydrogen-bond donors (Lipinski definition) is 4. The number of nitrogens with zero attached hydrogens (tertiary/aromatic N) is 6. The number of likely N-dealkylation sites (N-methyl/N-ethyl adjacent to an activating group) is 2. The summed E-state index contributed by atoms with van der Waals surface area (Å²) < 4.78 is 4.37. The number of aryl methyl sites for hydroxylation is 4. The fourth-order valence-electron chi connectivity index (χ4n) is 18.8. The minimum absolute atomic E-state index is 0. The minimum Gasteiger partial charge on any atom is -0.507 e. The van der Waals surface area contributed by atoms with Crippen LogP contribution in [0.5, 0.6) is 23.0 Å². The van der Waals surface area contributed by atoms with Crippen LogP contribution in [0.15, 0.2) is 364 Å². The third-order valence-electron chi connectivity index (χ3n) is 25.1. The van der Waals surface area contributed by atoms with Gasteiger partial charge in [-0.25, -0.2) is 0 Å². The van der Waals surface area contributed by atoms with Crippen molar-refractivity contribution < 1.29 is 72.1 Å². The molecule has 0 atom stereocenters. The average molecular weight is 2070 g/mol. The normalized spacial score (nSPS) is 12.2. The summed E-state index contributed by atoms with van der Waals surface area (Å²) in [4.78, 5) is 9.06. The second-order valence-corrected chi connectivity index (χ2v) is 35.4. The molecule has 10 nitrogen and oxygen atoms in total. The molecule has 12 heteroatoms. The number of fused-ring (bicyclic) bond motifs is 12. The van der Waals surface area contributed by atoms with Gasteiger partial charge >= 0.3 is 51.7 Å². The molecule has 2 aliphatic carbocycles. The molecule has 0 radical (unpaired) electrons. The molecule has 2 heterocycles. The summed E-state index contributed by atoms with van der Waals surface area (Å²) in [5.41, 5.74) is 28.6. The summed E-state index contributed by atoms with van der Waals surface area (Å²) in [6.45, 7) is 33.1. The van der Waals surface area contributed by atoms with Gasteiger partial charge in [-0.05, 0) is 162 Å². The predicted molar refractivity (Wildman–Crippen MR) is 544 cm³/mol. The van der Waals surface area contributed by atoms with E-state index in [2.05, 4.69) is 369 Å². The monoisotopic (exact) mass is 2070 g/mol. The first-order valence-corrected chi connectivity index (χ1v) is 44.8. The van der Waals surface area contributed by atoms with Crippen LogP contribution in [-0.2, 0) is 88.7 Å². The molecule has 0 saturated carbocycles. The van der Waals surface area contributed by atoms with Crippen molar-refractivity contribution in [1.82, 2.24) is 28.7 Å². The molecule has 0 saturated heterocycles. The summed E-state index contributed by atoms with van der Waals surface area (Å²) in [5, 5.41) is 53.4. The number of benzene rings is 16. The zero-order chi connectivity index (χ0) is 91.3. The molecule has 16 aromatic carbocycles. The van der Waals surface area contributed by atoms with E-state index in [9.17, 15) is 20.4 Å². The Bertz CT molecular complexity index is 6290. The molecule has 0 unspecified atom stereocenters. The molecule has 132 heavy (non-hydrogen) atoms. The number of hydrogen-bond acceptors (Lipinski definition) is 8. The van der Waals surface area contributed by atoms with Crippen LogP contribution in [0.3, 0.4) is 0 Å². The van der Waals surface area contributed by atoms with Crippen LogP contribution < -0.4 is 0 Å². The van der Waals surface area contributed by atoms with Crippen molar-refractivity contribution in [3.63, 3.8) is 0 Å². The van der Waals surface area contributed by atoms with Crippen molar-refractivity contribution in [1.29, 1.82) is 0 Å². The summed E-state index contributed by atoms with van der Waals surface area (Å²) >= 11 is 0. The van der Waals surface area contributed by atoms with Gasteiger partial charge in [0.25, 0.3) is 0 Å². The van der Waals surface area contributed by atoms with E-state index in [-0.39, 0.29) is 63.2 Å². The van der Waals surface area contributed by atoms with Crippen LogP contribution in [-0.4, -0.2) is 104 Å². The van der Waals surface area contributed by atoms with E-state index >= 15 is 0 Å². The van der Waals surface area contributed by atoms with Crippen LogP contribution in [0.25, 0.3) is 77.2 Å². The second-order valence-electron chi connectivity index (χ2n) is 35.4.